The van der Waals surface area contributed by atoms with Gasteiger partial charge in [0.25, 0.3) is 0 Å². The number of hydrogen-bond donors (Lipinski definition) is 0. The van der Waals surface area contributed by atoms with Crippen molar-refractivity contribution in [3.8, 4) is 5.75 Å². The second-order valence-electron chi connectivity index (χ2n) is 10.4. The summed E-state index contributed by atoms with van der Waals surface area (Å²) < 4.78 is 16.6. The maximum atomic E-state index is 12.1. The van der Waals surface area contributed by atoms with Crippen LogP contribution in [0.3, 0.4) is 0 Å². The topological polar surface area (TPSA) is 48.0 Å². The highest BCUT2D eigenvalue weighted by Crippen LogP contribution is 2.62. The standard InChI is InChI=1S/C27H41NO4/c1-5-9-21(10-6-2)32-25(29)31-19-30-22-12-11-20-17-24-26(3)13-7-8-14-27(26,23(20)18-22)15-16-28(24)4/h11-12,18,21,24H,5-10,13-17,19H2,1-4H3/t24-,26+,27+/m0/s1. The van der Waals surface area contributed by atoms with Crippen molar-refractivity contribution in [2.45, 2.75) is 103 Å². The first-order chi connectivity index (χ1) is 15.4. The summed E-state index contributed by atoms with van der Waals surface area (Å²) in [6.45, 7) is 7.78. The zero-order valence-corrected chi connectivity index (χ0v) is 20.5. The monoisotopic (exact) mass is 443 g/mol. The summed E-state index contributed by atoms with van der Waals surface area (Å²) in [7, 11) is 2.30. The van der Waals surface area contributed by atoms with Gasteiger partial charge in [-0.05, 0) is 80.8 Å². The number of piperidine rings is 1. The van der Waals surface area contributed by atoms with Crippen LogP contribution in [0.15, 0.2) is 18.2 Å². The molecule has 178 valence electrons. The van der Waals surface area contributed by atoms with Crippen LogP contribution >= 0.6 is 0 Å². The number of carbonyl (C=O) groups excluding carboxylic acids is 1. The molecule has 1 saturated heterocycles. The molecule has 2 aliphatic carbocycles. The molecule has 4 rings (SSSR count). The Balaban J connectivity index is 1.44. The van der Waals surface area contributed by atoms with Crippen molar-refractivity contribution >= 4 is 6.16 Å². The van der Waals surface area contributed by atoms with Gasteiger partial charge in [-0.3, -0.25) is 0 Å². The number of ether oxygens (including phenoxy) is 3. The number of benzene rings is 1. The molecule has 1 aromatic carbocycles. The third-order valence-electron chi connectivity index (χ3n) is 8.70. The summed E-state index contributed by atoms with van der Waals surface area (Å²) in [5, 5.41) is 0. The average Bonchev–Trinajstić information content (AvgIpc) is 2.76. The summed E-state index contributed by atoms with van der Waals surface area (Å²) >= 11 is 0. The van der Waals surface area contributed by atoms with Crippen LogP contribution in [-0.2, 0) is 21.3 Å². The molecule has 0 amide bonds. The Morgan fingerprint density at radius 1 is 1.16 bits per heavy atom. The van der Waals surface area contributed by atoms with E-state index in [-0.39, 0.29) is 18.3 Å². The van der Waals surface area contributed by atoms with E-state index >= 15 is 0 Å². The van der Waals surface area contributed by atoms with E-state index in [1.165, 1.54) is 43.2 Å². The zero-order valence-electron chi connectivity index (χ0n) is 20.5. The molecule has 1 saturated carbocycles. The van der Waals surface area contributed by atoms with Crippen molar-refractivity contribution in [2.24, 2.45) is 5.41 Å². The van der Waals surface area contributed by atoms with Gasteiger partial charge in [0, 0.05) is 11.5 Å². The molecule has 1 aliphatic heterocycles. The van der Waals surface area contributed by atoms with Gasteiger partial charge in [-0.15, -0.1) is 0 Å². The highest BCUT2D eigenvalue weighted by atomic mass is 16.8. The largest absolute Gasteiger partial charge is 0.511 e. The lowest BCUT2D eigenvalue weighted by Crippen LogP contribution is -2.66. The molecule has 32 heavy (non-hydrogen) atoms. The van der Waals surface area contributed by atoms with Crippen LogP contribution in [0.25, 0.3) is 0 Å². The van der Waals surface area contributed by atoms with E-state index in [1.807, 2.05) is 6.07 Å². The molecule has 2 bridgehead atoms. The fourth-order valence-corrected chi connectivity index (χ4v) is 7.01. The summed E-state index contributed by atoms with van der Waals surface area (Å²) in [6.07, 6.45) is 10.5. The number of hydrogen-bond acceptors (Lipinski definition) is 5. The SMILES string of the molecule is CCCC(CCC)OC(=O)OCOc1ccc2c(c1)[C@]13CCCC[C@]1(C)[C@H](C2)N(C)CC3. The molecule has 3 aliphatic rings. The molecule has 5 heteroatoms. The predicted molar refractivity (Wildman–Crippen MR) is 126 cm³/mol. The van der Waals surface area contributed by atoms with Crippen LogP contribution in [0.2, 0.25) is 0 Å². The highest BCUT2D eigenvalue weighted by Gasteiger charge is 2.60. The Bertz CT molecular complexity index is 805. The Morgan fingerprint density at radius 3 is 2.66 bits per heavy atom. The van der Waals surface area contributed by atoms with Gasteiger partial charge in [0.05, 0.1) is 0 Å². The minimum absolute atomic E-state index is 0.0679. The quantitative estimate of drug-likeness (QED) is 0.352. The lowest BCUT2D eigenvalue weighted by atomic mass is 9.45. The zero-order chi connectivity index (χ0) is 22.8. The number of fused-ring (bicyclic) bond motifs is 1. The lowest BCUT2D eigenvalue weighted by Gasteiger charge is -2.65. The summed E-state index contributed by atoms with van der Waals surface area (Å²) in [5.74, 6) is 0.787. The molecule has 0 N–H and O–H groups in total. The molecular weight excluding hydrogens is 402 g/mol. The van der Waals surface area contributed by atoms with E-state index in [1.54, 1.807) is 0 Å². The molecule has 5 nitrogen and oxygen atoms in total. The number of rotatable bonds is 8. The molecule has 0 aromatic heterocycles. The lowest BCUT2D eigenvalue weighted by molar-refractivity contribution is -0.0737. The number of likely N-dealkylation sites (N-methyl/N-ethyl adjacent to an activating group) is 1. The molecule has 0 radical (unpaired) electrons. The van der Waals surface area contributed by atoms with Crippen LogP contribution in [0, 0.1) is 5.41 Å². The van der Waals surface area contributed by atoms with E-state index in [9.17, 15) is 4.79 Å². The maximum Gasteiger partial charge on any atom is 0.511 e. The molecule has 1 heterocycles. The third kappa shape index (κ3) is 4.13. The van der Waals surface area contributed by atoms with Gasteiger partial charge in [0.2, 0.25) is 6.79 Å². The van der Waals surface area contributed by atoms with Crippen LogP contribution in [-0.4, -0.2) is 43.6 Å². The molecular formula is C27H41NO4. The van der Waals surface area contributed by atoms with Gasteiger partial charge in [0.1, 0.15) is 11.9 Å². The van der Waals surface area contributed by atoms with E-state index < -0.39 is 6.16 Å². The van der Waals surface area contributed by atoms with Crippen LogP contribution in [0.1, 0.15) is 89.7 Å². The van der Waals surface area contributed by atoms with Gasteiger partial charge in [0.15, 0.2) is 0 Å². The minimum Gasteiger partial charge on any atom is -0.457 e. The molecule has 2 fully saturated rings. The van der Waals surface area contributed by atoms with Gasteiger partial charge in [-0.25, -0.2) is 4.79 Å². The fraction of sp³-hybridized carbons (Fsp3) is 0.741. The van der Waals surface area contributed by atoms with Crippen molar-refractivity contribution in [2.75, 3.05) is 20.4 Å². The highest BCUT2D eigenvalue weighted by molar-refractivity contribution is 5.60. The third-order valence-corrected chi connectivity index (χ3v) is 8.70. The summed E-state index contributed by atoms with van der Waals surface area (Å²) in [5.41, 5.74) is 3.51. The van der Waals surface area contributed by atoms with Crippen LogP contribution in [0.5, 0.6) is 5.75 Å². The minimum atomic E-state index is -0.633. The second kappa shape index (κ2) is 9.62. The maximum absolute atomic E-state index is 12.1. The van der Waals surface area contributed by atoms with Crippen molar-refractivity contribution in [1.29, 1.82) is 0 Å². The fourth-order valence-electron chi connectivity index (χ4n) is 7.01. The van der Waals surface area contributed by atoms with Crippen molar-refractivity contribution in [3.63, 3.8) is 0 Å². The first-order valence-corrected chi connectivity index (χ1v) is 12.7. The first-order valence-electron chi connectivity index (χ1n) is 12.7. The Morgan fingerprint density at radius 2 is 1.91 bits per heavy atom. The number of carbonyl (C=O) groups is 1. The Kier molecular flexibility index (Phi) is 7.04. The van der Waals surface area contributed by atoms with Crippen molar-refractivity contribution in [3.05, 3.63) is 29.3 Å². The van der Waals surface area contributed by atoms with Gasteiger partial charge < -0.3 is 19.1 Å². The van der Waals surface area contributed by atoms with Gasteiger partial charge >= 0.3 is 6.16 Å². The van der Waals surface area contributed by atoms with E-state index in [0.717, 1.165) is 44.4 Å². The number of nitrogens with zero attached hydrogens (tertiary/aromatic N) is 1. The van der Waals surface area contributed by atoms with E-state index in [2.05, 4.69) is 44.9 Å². The Labute approximate surface area is 193 Å². The van der Waals surface area contributed by atoms with Crippen LogP contribution < -0.4 is 4.74 Å². The molecule has 3 atom stereocenters. The van der Waals surface area contributed by atoms with Gasteiger partial charge in [-0.1, -0.05) is 52.5 Å². The predicted octanol–water partition coefficient (Wildman–Crippen LogP) is 6.22. The molecule has 1 aromatic rings. The molecule has 0 unspecified atom stereocenters. The smallest absolute Gasteiger partial charge is 0.457 e. The van der Waals surface area contributed by atoms with E-state index in [4.69, 9.17) is 14.2 Å². The normalized spacial score (nSPS) is 29.2. The van der Waals surface area contributed by atoms with Crippen molar-refractivity contribution < 1.29 is 19.0 Å². The first kappa shape index (κ1) is 23.4. The van der Waals surface area contributed by atoms with Gasteiger partial charge in [-0.2, -0.15) is 0 Å². The summed E-state index contributed by atoms with van der Waals surface area (Å²) in [4.78, 5) is 14.7. The summed E-state index contributed by atoms with van der Waals surface area (Å²) in [6, 6.07) is 7.13. The average molecular weight is 444 g/mol. The second-order valence-corrected chi connectivity index (χ2v) is 10.4. The van der Waals surface area contributed by atoms with E-state index in [0.29, 0.717) is 11.5 Å². The van der Waals surface area contributed by atoms with Crippen LogP contribution in [0.4, 0.5) is 4.79 Å². The van der Waals surface area contributed by atoms with Crippen molar-refractivity contribution in [1.82, 2.24) is 4.90 Å². The number of likely N-dealkylation sites (tertiary alicyclic amines) is 1. The Hall–Kier alpha value is -1.75. The molecule has 0 spiro atoms.